The van der Waals surface area contributed by atoms with Crippen LogP contribution in [0.1, 0.15) is 27.8 Å². The van der Waals surface area contributed by atoms with E-state index in [0.717, 1.165) is 40.1 Å². The summed E-state index contributed by atoms with van der Waals surface area (Å²) in [5, 5.41) is 1.96. The Hall–Kier alpha value is -0.510. The number of benzene rings is 1. The van der Waals surface area contributed by atoms with Crippen LogP contribution in [0.2, 0.25) is 0 Å². The Kier molecular flexibility index (Phi) is 3.64. The van der Waals surface area contributed by atoms with E-state index in [0.29, 0.717) is 0 Å². The summed E-state index contributed by atoms with van der Waals surface area (Å²) in [6.07, 6.45) is 2.17. The van der Waals surface area contributed by atoms with E-state index < -0.39 is 0 Å². The highest BCUT2D eigenvalue weighted by atomic mass is 79.9. The maximum Gasteiger partial charge on any atom is 0.122 e. The van der Waals surface area contributed by atoms with E-state index in [4.69, 9.17) is 16.3 Å². The fourth-order valence-electron chi connectivity index (χ4n) is 2.18. The highest BCUT2D eigenvalue weighted by Crippen LogP contribution is 2.39. The Morgan fingerprint density at radius 1 is 1.33 bits per heavy atom. The molecule has 0 saturated heterocycles. The molecule has 4 heteroatoms. The zero-order chi connectivity index (χ0) is 12.5. The number of thiophene rings is 1. The van der Waals surface area contributed by atoms with Crippen LogP contribution in [0.5, 0.6) is 5.75 Å². The van der Waals surface area contributed by atoms with E-state index in [-0.39, 0.29) is 5.38 Å². The molecule has 1 nitrogen and oxygen atoms in total. The molecule has 2 aromatic rings. The second-order valence-electron chi connectivity index (χ2n) is 4.31. The molecule has 0 N–H and O–H groups in total. The van der Waals surface area contributed by atoms with E-state index in [1.165, 1.54) is 5.56 Å². The Balaban J connectivity index is 1.95. The minimum absolute atomic E-state index is 0.0911. The Labute approximate surface area is 124 Å². The lowest BCUT2D eigenvalue weighted by atomic mass is 10.0. The number of aryl methyl sites for hydroxylation is 1. The topological polar surface area (TPSA) is 9.23 Å². The third-order valence-corrected chi connectivity index (χ3v) is 5.64. The molecule has 1 aromatic heterocycles. The summed E-state index contributed by atoms with van der Waals surface area (Å²) in [6, 6.07) is 8.32. The second kappa shape index (κ2) is 5.24. The zero-order valence-electron chi connectivity index (χ0n) is 9.66. The monoisotopic (exact) mass is 342 g/mol. The average molecular weight is 344 g/mol. The first-order valence-corrected chi connectivity index (χ1v) is 7.99. The lowest BCUT2D eigenvalue weighted by molar-refractivity contribution is 0.288. The van der Waals surface area contributed by atoms with Gasteiger partial charge in [-0.05, 0) is 57.4 Å². The summed E-state index contributed by atoms with van der Waals surface area (Å²) in [6.45, 7) is 0.827. The Morgan fingerprint density at radius 2 is 2.22 bits per heavy atom. The normalized spacial score (nSPS) is 15.9. The van der Waals surface area contributed by atoms with Gasteiger partial charge in [-0.2, -0.15) is 0 Å². The average Bonchev–Trinajstić information content (AvgIpc) is 2.83. The van der Waals surface area contributed by atoms with Crippen molar-refractivity contribution in [3.63, 3.8) is 0 Å². The van der Waals surface area contributed by atoms with Gasteiger partial charge < -0.3 is 4.74 Å². The molecule has 2 heterocycles. The molecule has 0 aliphatic carbocycles. The van der Waals surface area contributed by atoms with Crippen LogP contribution in [0.4, 0.5) is 0 Å². The lowest BCUT2D eigenvalue weighted by Gasteiger charge is -2.19. The Bertz CT molecular complexity index is 567. The third kappa shape index (κ3) is 2.31. The van der Waals surface area contributed by atoms with Crippen molar-refractivity contribution < 1.29 is 4.74 Å². The van der Waals surface area contributed by atoms with Crippen LogP contribution in [0.15, 0.2) is 34.1 Å². The minimum Gasteiger partial charge on any atom is -0.493 e. The molecule has 1 aromatic carbocycles. The predicted molar refractivity (Wildman–Crippen MR) is 80.0 cm³/mol. The van der Waals surface area contributed by atoms with Crippen molar-refractivity contribution in [3.8, 4) is 5.75 Å². The quantitative estimate of drug-likeness (QED) is 0.684. The van der Waals surface area contributed by atoms with Crippen LogP contribution in [0, 0.1) is 0 Å². The largest absolute Gasteiger partial charge is 0.493 e. The second-order valence-corrected chi connectivity index (χ2v) is 6.55. The molecule has 18 heavy (non-hydrogen) atoms. The van der Waals surface area contributed by atoms with E-state index in [1.54, 1.807) is 11.3 Å². The van der Waals surface area contributed by atoms with Crippen molar-refractivity contribution in [1.29, 1.82) is 0 Å². The van der Waals surface area contributed by atoms with Crippen LogP contribution in [-0.4, -0.2) is 6.61 Å². The van der Waals surface area contributed by atoms with Gasteiger partial charge in [0, 0.05) is 9.35 Å². The van der Waals surface area contributed by atoms with E-state index in [1.807, 2.05) is 12.1 Å². The van der Waals surface area contributed by atoms with Gasteiger partial charge in [0.2, 0.25) is 0 Å². The predicted octanol–water partition coefficient (Wildman–Crippen LogP) is 5.16. The molecule has 1 unspecified atom stereocenters. The molecule has 0 spiro atoms. The van der Waals surface area contributed by atoms with E-state index >= 15 is 0 Å². The van der Waals surface area contributed by atoms with Crippen molar-refractivity contribution in [2.45, 2.75) is 18.2 Å². The van der Waals surface area contributed by atoms with Crippen molar-refractivity contribution in [2.75, 3.05) is 6.61 Å². The van der Waals surface area contributed by atoms with Crippen LogP contribution >= 0.6 is 38.9 Å². The molecular weight excluding hydrogens is 332 g/mol. The van der Waals surface area contributed by atoms with E-state index in [9.17, 15) is 0 Å². The highest BCUT2D eigenvalue weighted by Gasteiger charge is 2.18. The number of alkyl halides is 1. The van der Waals surface area contributed by atoms with Gasteiger partial charge in [0.25, 0.3) is 0 Å². The van der Waals surface area contributed by atoms with Crippen LogP contribution in [0.3, 0.4) is 0 Å². The first kappa shape index (κ1) is 12.5. The van der Waals surface area contributed by atoms with Gasteiger partial charge in [-0.1, -0.05) is 12.1 Å². The first-order chi connectivity index (χ1) is 8.75. The zero-order valence-corrected chi connectivity index (χ0v) is 12.8. The maximum absolute atomic E-state index is 6.56. The van der Waals surface area contributed by atoms with Crippen LogP contribution in [-0.2, 0) is 6.42 Å². The van der Waals surface area contributed by atoms with Gasteiger partial charge in [-0.3, -0.25) is 0 Å². The number of hydrogen-bond donors (Lipinski definition) is 0. The molecule has 94 valence electrons. The molecule has 0 fully saturated rings. The summed E-state index contributed by atoms with van der Waals surface area (Å²) in [5.41, 5.74) is 2.42. The summed E-state index contributed by atoms with van der Waals surface area (Å²) >= 11 is 11.8. The molecule has 0 radical (unpaired) electrons. The molecule has 0 saturated carbocycles. The molecule has 0 bridgehead atoms. The number of fused-ring (bicyclic) bond motifs is 1. The molecule has 1 aliphatic heterocycles. The fraction of sp³-hybridized carbons (Fsp3) is 0.286. The van der Waals surface area contributed by atoms with Gasteiger partial charge >= 0.3 is 0 Å². The van der Waals surface area contributed by atoms with Crippen LogP contribution in [0.25, 0.3) is 0 Å². The van der Waals surface area contributed by atoms with Gasteiger partial charge in [0.1, 0.15) is 5.75 Å². The fourth-order valence-corrected chi connectivity index (χ4v) is 4.32. The summed E-state index contributed by atoms with van der Waals surface area (Å²) in [7, 11) is 0. The van der Waals surface area contributed by atoms with E-state index in [2.05, 4.69) is 33.4 Å². The Morgan fingerprint density at radius 3 is 3.00 bits per heavy atom. The molecule has 1 atom stereocenters. The first-order valence-electron chi connectivity index (χ1n) is 5.88. The third-order valence-electron chi connectivity index (χ3n) is 3.10. The number of rotatable bonds is 2. The van der Waals surface area contributed by atoms with Crippen LogP contribution < -0.4 is 4.74 Å². The standard InChI is InChI=1S/C14H12BrClOS/c15-11-5-7-18-14(11)13(16)10-3-4-12-9(8-10)2-1-6-17-12/h3-5,7-8,13H,1-2,6H2. The maximum atomic E-state index is 6.56. The van der Waals surface area contributed by atoms with Gasteiger partial charge in [-0.25, -0.2) is 0 Å². The SMILES string of the molecule is ClC(c1ccc2c(c1)CCCO2)c1sccc1Br. The smallest absolute Gasteiger partial charge is 0.122 e. The number of ether oxygens (including phenoxy) is 1. The van der Waals surface area contributed by atoms with Gasteiger partial charge in [-0.15, -0.1) is 22.9 Å². The summed E-state index contributed by atoms with van der Waals surface area (Å²) < 4.78 is 6.71. The van der Waals surface area contributed by atoms with Crippen molar-refractivity contribution in [3.05, 3.63) is 50.1 Å². The van der Waals surface area contributed by atoms with Gasteiger partial charge in [0.15, 0.2) is 0 Å². The minimum atomic E-state index is -0.0911. The summed E-state index contributed by atoms with van der Waals surface area (Å²) in [4.78, 5) is 1.16. The molecule has 0 amide bonds. The lowest BCUT2D eigenvalue weighted by Crippen LogP contribution is -2.08. The van der Waals surface area contributed by atoms with Crippen molar-refractivity contribution in [2.24, 2.45) is 0 Å². The van der Waals surface area contributed by atoms with Crippen molar-refractivity contribution in [1.82, 2.24) is 0 Å². The number of hydrogen-bond acceptors (Lipinski definition) is 2. The summed E-state index contributed by atoms with van der Waals surface area (Å²) in [5.74, 6) is 1.01. The van der Waals surface area contributed by atoms with Gasteiger partial charge in [0.05, 0.1) is 12.0 Å². The van der Waals surface area contributed by atoms with Crippen molar-refractivity contribution >= 4 is 38.9 Å². The molecular formula is C14H12BrClOS. The molecule has 1 aliphatic rings. The number of halogens is 2. The molecule has 3 rings (SSSR count). The highest BCUT2D eigenvalue weighted by molar-refractivity contribution is 9.10.